The SMILES string of the molecule is COC(=O)c1c(NC(=O)CCSc2nnc(-c3cccnc3)n2-c2ccccc2)sc2c1CCCC2. The van der Waals surface area contributed by atoms with Gasteiger partial charge in [-0.2, -0.15) is 0 Å². The van der Waals surface area contributed by atoms with E-state index in [1.807, 2.05) is 47.0 Å². The number of carbonyl (C=O) groups is 2. The number of carbonyl (C=O) groups excluding carboxylic acids is 2. The zero-order valence-electron chi connectivity index (χ0n) is 19.8. The van der Waals surface area contributed by atoms with Crippen LogP contribution in [0.5, 0.6) is 0 Å². The summed E-state index contributed by atoms with van der Waals surface area (Å²) in [7, 11) is 1.38. The summed E-state index contributed by atoms with van der Waals surface area (Å²) in [6, 6.07) is 13.7. The van der Waals surface area contributed by atoms with Crippen LogP contribution in [0.3, 0.4) is 0 Å². The number of methoxy groups -OCH3 is 1. The smallest absolute Gasteiger partial charge is 0.341 e. The van der Waals surface area contributed by atoms with Crippen molar-refractivity contribution in [1.82, 2.24) is 19.7 Å². The fourth-order valence-corrected chi connectivity index (χ4v) is 6.43. The lowest BCUT2D eigenvalue weighted by atomic mass is 9.95. The Morgan fingerprint density at radius 1 is 1.11 bits per heavy atom. The molecule has 4 aromatic rings. The van der Waals surface area contributed by atoms with Crippen LogP contribution in [-0.4, -0.2) is 44.5 Å². The Hall–Kier alpha value is -3.50. The molecule has 36 heavy (non-hydrogen) atoms. The summed E-state index contributed by atoms with van der Waals surface area (Å²) < 4.78 is 6.98. The van der Waals surface area contributed by atoms with E-state index in [-0.39, 0.29) is 12.3 Å². The van der Waals surface area contributed by atoms with Gasteiger partial charge in [0.15, 0.2) is 11.0 Å². The van der Waals surface area contributed by atoms with Crippen LogP contribution in [0.1, 0.15) is 40.1 Å². The number of aromatic nitrogens is 4. The second-order valence-electron chi connectivity index (χ2n) is 8.27. The Morgan fingerprint density at radius 2 is 1.94 bits per heavy atom. The van der Waals surface area contributed by atoms with Crippen LogP contribution in [0.15, 0.2) is 60.0 Å². The molecule has 0 aliphatic heterocycles. The molecule has 8 nitrogen and oxygen atoms in total. The van der Waals surface area contributed by atoms with E-state index in [4.69, 9.17) is 4.74 Å². The maximum Gasteiger partial charge on any atom is 0.341 e. The van der Waals surface area contributed by atoms with Gasteiger partial charge in [-0.25, -0.2) is 4.79 Å². The van der Waals surface area contributed by atoms with Gasteiger partial charge in [0.25, 0.3) is 0 Å². The van der Waals surface area contributed by atoms with Crippen LogP contribution in [0.2, 0.25) is 0 Å². The second-order valence-corrected chi connectivity index (χ2v) is 10.4. The van der Waals surface area contributed by atoms with E-state index in [0.29, 0.717) is 27.3 Å². The number of thioether (sulfide) groups is 1. The van der Waals surface area contributed by atoms with Crippen LogP contribution in [-0.2, 0) is 22.4 Å². The van der Waals surface area contributed by atoms with Gasteiger partial charge in [-0.15, -0.1) is 21.5 Å². The summed E-state index contributed by atoms with van der Waals surface area (Å²) in [6.45, 7) is 0. The third kappa shape index (κ3) is 5.05. The number of rotatable bonds is 8. The average molecular weight is 520 g/mol. The Labute approximate surface area is 217 Å². The summed E-state index contributed by atoms with van der Waals surface area (Å²) in [5, 5.41) is 13.1. The molecule has 0 fully saturated rings. The van der Waals surface area contributed by atoms with Crippen molar-refractivity contribution in [2.75, 3.05) is 18.2 Å². The molecule has 1 aliphatic carbocycles. The van der Waals surface area contributed by atoms with Gasteiger partial charge in [0.05, 0.1) is 12.7 Å². The highest BCUT2D eigenvalue weighted by Crippen LogP contribution is 2.38. The standard InChI is InChI=1S/C26H25N5O3S2/c1-34-25(33)22-19-11-5-6-12-20(19)36-24(22)28-21(32)13-15-35-26-30-29-23(17-8-7-14-27-16-17)31(26)18-9-3-2-4-10-18/h2-4,7-10,14,16H,5-6,11-13,15H2,1H3,(H,28,32). The summed E-state index contributed by atoms with van der Waals surface area (Å²) in [5.41, 5.74) is 3.33. The van der Waals surface area contributed by atoms with Gasteiger partial charge in [0.1, 0.15) is 5.00 Å². The predicted molar refractivity (Wildman–Crippen MR) is 141 cm³/mol. The van der Waals surface area contributed by atoms with Crippen LogP contribution < -0.4 is 5.32 Å². The Kier molecular flexibility index (Phi) is 7.43. The van der Waals surface area contributed by atoms with E-state index in [0.717, 1.165) is 42.5 Å². The van der Waals surface area contributed by atoms with Crippen molar-refractivity contribution in [1.29, 1.82) is 0 Å². The first-order valence-electron chi connectivity index (χ1n) is 11.7. The minimum atomic E-state index is -0.391. The molecule has 0 spiro atoms. The molecule has 0 atom stereocenters. The molecule has 1 amide bonds. The highest BCUT2D eigenvalue weighted by atomic mass is 32.2. The first-order valence-corrected chi connectivity index (χ1v) is 13.5. The Morgan fingerprint density at radius 3 is 2.72 bits per heavy atom. The van der Waals surface area contributed by atoms with Crippen LogP contribution in [0, 0.1) is 0 Å². The van der Waals surface area contributed by atoms with Crippen molar-refractivity contribution in [2.45, 2.75) is 37.3 Å². The van der Waals surface area contributed by atoms with Crippen LogP contribution in [0.25, 0.3) is 17.1 Å². The summed E-state index contributed by atoms with van der Waals surface area (Å²) in [4.78, 5) is 30.7. The molecule has 10 heteroatoms. The highest BCUT2D eigenvalue weighted by molar-refractivity contribution is 7.99. The maximum atomic E-state index is 12.8. The third-order valence-electron chi connectivity index (χ3n) is 5.94. The number of benzene rings is 1. The minimum absolute atomic E-state index is 0.149. The number of thiophene rings is 1. The monoisotopic (exact) mass is 519 g/mol. The quantitative estimate of drug-likeness (QED) is 0.253. The number of esters is 1. The van der Waals surface area contributed by atoms with E-state index < -0.39 is 5.97 Å². The molecule has 0 unspecified atom stereocenters. The molecule has 3 aromatic heterocycles. The van der Waals surface area contributed by atoms with Crippen molar-refractivity contribution in [3.05, 3.63) is 70.9 Å². The first-order chi connectivity index (χ1) is 17.7. The van der Waals surface area contributed by atoms with Gasteiger partial charge >= 0.3 is 5.97 Å². The number of ether oxygens (including phenoxy) is 1. The van der Waals surface area contributed by atoms with E-state index in [2.05, 4.69) is 20.5 Å². The summed E-state index contributed by atoms with van der Waals surface area (Å²) >= 11 is 2.95. The number of hydrogen-bond acceptors (Lipinski definition) is 8. The minimum Gasteiger partial charge on any atom is -0.465 e. The lowest BCUT2D eigenvalue weighted by molar-refractivity contribution is -0.115. The number of nitrogens with zero attached hydrogens (tertiary/aromatic N) is 4. The zero-order valence-corrected chi connectivity index (χ0v) is 21.4. The number of hydrogen-bond donors (Lipinski definition) is 1. The number of anilines is 1. The Balaban J connectivity index is 1.31. The molecule has 1 N–H and O–H groups in total. The van der Waals surface area contributed by atoms with Gasteiger partial charge in [-0.05, 0) is 55.5 Å². The van der Waals surface area contributed by atoms with Gasteiger partial charge in [-0.3, -0.25) is 14.3 Å². The van der Waals surface area contributed by atoms with E-state index in [1.54, 1.807) is 12.4 Å². The molecule has 0 saturated heterocycles. The number of pyridine rings is 1. The topological polar surface area (TPSA) is 99.0 Å². The number of aryl methyl sites for hydroxylation is 1. The van der Waals surface area contributed by atoms with Crippen LogP contribution >= 0.6 is 23.1 Å². The van der Waals surface area contributed by atoms with Gasteiger partial charge < -0.3 is 10.1 Å². The summed E-state index contributed by atoms with van der Waals surface area (Å²) in [5.74, 6) is 0.651. The number of para-hydroxylation sites is 1. The molecule has 3 heterocycles. The maximum absolute atomic E-state index is 12.8. The van der Waals surface area contributed by atoms with E-state index in [9.17, 15) is 9.59 Å². The number of fused-ring (bicyclic) bond motifs is 1. The largest absolute Gasteiger partial charge is 0.465 e. The van der Waals surface area contributed by atoms with Gasteiger partial charge in [0, 0.05) is 40.7 Å². The summed E-state index contributed by atoms with van der Waals surface area (Å²) in [6.07, 6.45) is 7.65. The molecule has 5 rings (SSSR count). The number of amides is 1. The van der Waals surface area contributed by atoms with Gasteiger partial charge in [-0.1, -0.05) is 30.0 Å². The molecule has 1 aromatic carbocycles. The normalized spacial score (nSPS) is 12.7. The fraction of sp³-hybridized carbons (Fsp3) is 0.269. The lowest BCUT2D eigenvalue weighted by Gasteiger charge is -2.12. The lowest BCUT2D eigenvalue weighted by Crippen LogP contribution is -2.15. The second kappa shape index (κ2) is 11.0. The van der Waals surface area contributed by atoms with Crippen LogP contribution in [0.4, 0.5) is 5.00 Å². The average Bonchev–Trinajstić information content (AvgIpc) is 3.50. The fourth-order valence-electron chi connectivity index (χ4n) is 4.25. The molecular formula is C26H25N5O3S2. The van der Waals surface area contributed by atoms with E-state index >= 15 is 0 Å². The highest BCUT2D eigenvalue weighted by Gasteiger charge is 2.27. The Bertz CT molecular complexity index is 1370. The zero-order chi connectivity index (χ0) is 24.9. The molecule has 1 aliphatic rings. The molecule has 184 valence electrons. The van der Waals surface area contributed by atoms with Crippen molar-refractivity contribution >= 4 is 40.0 Å². The van der Waals surface area contributed by atoms with Crippen molar-refractivity contribution in [3.8, 4) is 17.1 Å². The van der Waals surface area contributed by atoms with Gasteiger partial charge in [0.2, 0.25) is 5.91 Å². The molecule has 0 radical (unpaired) electrons. The first kappa shape index (κ1) is 24.2. The molecule has 0 bridgehead atoms. The molecular weight excluding hydrogens is 494 g/mol. The van der Waals surface area contributed by atoms with Crippen molar-refractivity contribution < 1.29 is 14.3 Å². The van der Waals surface area contributed by atoms with E-state index in [1.165, 1.54) is 35.1 Å². The third-order valence-corrected chi connectivity index (χ3v) is 8.08. The molecule has 0 saturated carbocycles. The predicted octanol–water partition coefficient (Wildman–Crippen LogP) is 5.18. The van der Waals surface area contributed by atoms with Crippen molar-refractivity contribution in [3.63, 3.8) is 0 Å². The number of nitrogens with one attached hydrogen (secondary N) is 1. The van der Waals surface area contributed by atoms with Crippen molar-refractivity contribution in [2.24, 2.45) is 0 Å².